The van der Waals surface area contributed by atoms with E-state index < -0.39 is 0 Å². The number of amides is 2. The van der Waals surface area contributed by atoms with Gasteiger partial charge in [-0.1, -0.05) is 6.07 Å². The van der Waals surface area contributed by atoms with E-state index in [2.05, 4.69) is 20.6 Å². The molecule has 0 unspecified atom stereocenters. The van der Waals surface area contributed by atoms with Crippen molar-refractivity contribution >= 4 is 29.0 Å². The second kappa shape index (κ2) is 7.14. The van der Waals surface area contributed by atoms with Crippen molar-refractivity contribution in [2.24, 2.45) is 0 Å². The zero-order valence-corrected chi connectivity index (χ0v) is 13.4. The molecule has 0 saturated carbocycles. The Bertz CT molecular complexity index is 723. The number of aromatic nitrogens is 2. The molecule has 1 aliphatic heterocycles. The van der Waals surface area contributed by atoms with E-state index in [0.29, 0.717) is 24.7 Å². The molecule has 1 aliphatic rings. The molecule has 0 bridgehead atoms. The molecule has 8 nitrogen and oxygen atoms in total. The molecule has 3 rings (SSSR count). The molecule has 0 atom stereocenters. The predicted molar refractivity (Wildman–Crippen MR) is 92.7 cm³/mol. The lowest BCUT2D eigenvalue weighted by Crippen LogP contribution is -2.29. The van der Waals surface area contributed by atoms with E-state index in [1.807, 2.05) is 24.3 Å². The number of hydrogen-bond acceptors (Lipinski definition) is 6. The molecule has 126 valence electrons. The van der Waals surface area contributed by atoms with Gasteiger partial charge in [-0.2, -0.15) is 0 Å². The van der Waals surface area contributed by atoms with Gasteiger partial charge in [0.15, 0.2) is 0 Å². The zero-order valence-electron chi connectivity index (χ0n) is 13.4. The second-order valence-electron chi connectivity index (χ2n) is 5.47. The van der Waals surface area contributed by atoms with Crippen molar-refractivity contribution in [1.82, 2.24) is 14.9 Å². The van der Waals surface area contributed by atoms with E-state index in [-0.39, 0.29) is 12.6 Å². The minimum atomic E-state index is 0.00433. The Labute approximate surface area is 140 Å². The fraction of sp³-hybridized carbons (Fsp3) is 0.312. The van der Waals surface area contributed by atoms with Crippen molar-refractivity contribution in [1.29, 1.82) is 0 Å². The summed E-state index contributed by atoms with van der Waals surface area (Å²) in [6, 6.07) is 9.41. The molecule has 0 spiro atoms. The molecule has 24 heavy (non-hydrogen) atoms. The molecule has 3 N–H and O–H groups in total. The van der Waals surface area contributed by atoms with Crippen LogP contribution in [0.4, 0.5) is 27.8 Å². The first-order valence-corrected chi connectivity index (χ1v) is 7.74. The van der Waals surface area contributed by atoms with Gasteiger partial charge in [-0.15, -0.1) is 0 Å². The molecular formula is C16H20N6O2. The van der Waals surface area contributed by atoms with Crippen molar-refractivity contribution in [2.45, 2.75) is 0 Å². The van der Waals surface area contributed by atoms with Gasteiger partial charge in [-0.25, -0.2) is 14.8 Å². The number of nitrogens with zero attached hydrogens (tertiary/aromatic N) is 4. The van der Waals surface area contributed by atoms with E-state index >= 15 is 0 Å². The molecule has 2 heterocycles. The maximum Gasteiger partial charge on any atom is 0.324 e. The summed E-state index contributed by atoms with van der Waals surface area (Å²) in [5, 5.41) is 15.0. The van der Waals surface area contributed by atoms with E-state index in [0.717, 1.165) is 17.9 Å². The highest BCUT2D eigenvalue weighted by molar-refractivity contribution is 5.94. The quantitative estimate of drug-likeness (QED) is 0.744. The molecule has 1 aromatic carbocycles. The lowest BCUT2D eigenvalue weighted by atomic mass is 10.2. The Hall–Kier alpha value is -2.87. The number of carbonyl (C=O) groups excluding carboxylic acids is 1. The molecule has 2 aromatic rings. The third kappa shape index (κ3) is 3.54. The van der Waals surface area contributed by atoms with Crippen LogP contribution in [0.25, 0.3) is 0 Å². The van der Waals surface area contributed by atoms with Gasteiger partial charge in [0.1, 0.15) is 18.0 Å². The van der Waals surface area contributed by atoms with Crippen LogP contribution in [0.2, 0.25) is 0 Å². The van der Waals surface area contributed by atoms with Crippen molar-refractivity contribution < 1.29 is 9.90 Å². The van der Waals surface area contributed by atoms with Gasteiger partial charge in [0.05, 0.1) is 6.61 Å². The van der Waals surface area contributed by atoms with E-state index in [1.165, 1.54) is 6.33 Å². The number of likely N-dealkylation sites (N-methyl/N-ethyl adjacent to an activating group) is 1. The van der Waals surface area contributed by atoms with Crippen molar-refractivity contribution in [3.05, 3.63) is 36.7 Å². The van der Waals surface area contributed by atoms with Gasteiger partial charge in [-0.3, -0.25) is 4.90 Å². The van der Waals surface area contributed by atoms with Gasteiger partial charge in [0, 0.05) is 44.1 Å². The van der Waals surface area contributed by atoms with Crippen LogP contribution >= 0.6 is 0 Å². The van der Waals surface area contributed by atoms with E-state index in [1.54, 1.807) is 22.9 Å². The Balaban J connectivity index is 1.74. The zero-order chi connectivity index (χ0) is 16.9. The first kappa shape index (κ1) is 16.0. The summed E-state index contributed by atoms with van der Waals surface area (Å²) < 4.78 is 0. The molecule has 2 amide bonds. The number of anilines is 4. The Morgan fingerprint density at radius 1 is 1.21 bits per heavy atom. The van der Waals surface area contributed by atoms with Crippen molar-refractivity contribution in [2.75, 3.05) is 48.8 Å². The molecule has 1 saturated heterocycles. The summed E-state index contributed by atoms with van der Waals surface area (Å²) in [7, 11) is 1.80. The predicted octanol–water partition coefficient (Wildman–Crippen LogP) is 1.50. The van der Waals surface area contributed by atoms with Crippen LogP contribution in [0.3, 0.4) is 0 Å². The molecule has 1 fully saturated rings. The molecule has 0 radical (unpaired) electrons. The highest BCUT2D eigenvalue weighted by atomic mass is 16.3. The number of hydrogen-bond donors (Lipinski definition) is 3. The van der Waals surface area contributed by atoms with E-state index in [4.69, 9.17) is 5.11 Å². The summed E-state index contributed by atoms with van der Waals surface area (Å²) in [6.45, 7) is 1.87. The van der Waals surface area contributed by atoms with Crippen LogP contribution in [-0.4, -0.2) is 59.3 Å². The third-order valence-corrected chi connectivity index (χ3v) is 3.73. The number of aliphatic hydroxyl groups excluding tert-OH is 1. The van der Waals surface area contributed by atoms with Crippen LogP contribution in [0, 0.1) is 0 Å². The summed E-state index contributed by atoms with van der Waals surface area (Å²) >= 11 is 0. The van der Waals surface area contributed by atoms with Crippen molar-refractivity contribution in [3.63, 3.8) is 0 Å². The SMILES string of the molecule is CN1CCN(c2cccc(Nc3cc(NCCO)ncn3)c2)C1=O. The second-order valence-corrected chi connectivity index (χ2v) is 5.47. The molecule has 8 heteroatoms. The minimum Gasteiger partial charge on any atom is -0.395 e. The first-order chi connectivity index (χ1) is 11.7. The average Bonchev–Trinajstić information content (AvgIpc) is 2.93. The van der Waals surface area contributed by atoms with Crippen LogP contribution in [0.1, 0.15) is 0 Å². The van der Waals surface area contributed by atoms with Crippen LogP contribution in [-0.2, 0) is 0 Å². The number of rotatable bonds is 6. The smallest absolute Gasteiger partial charge is 0.324 e. The fourth-order valence-electron chi connectivity index (χ4n) is 2.49. The maximum absolute atomic E-state index is 12.1. The summed E-state index contributed by atoms with van der Waals surface area (Å²) in [5.41, 5.74) is 1.68. The molecule has 0 aliphatic carbocycles. The van der Waals surface area contributed by atoms with Gasteiger partial charge in [0.2, 0.25) is 0 Å². The highest BCUT2D eigenvalue weighted by Gasteiger charge is 2.26. The largest absolute Gasteiger partial charge is 0.395 e. The first-order valence-electron chi connectivity index (χ1n) is 7.74. The monoisotopic (exact) mass is 328 g/mol. The third-order valence-electron chi connectivity index (χ3n) is 3.73. The van der Waals surface area contributed by atoms with E-state index in [9.17, 15) is 4.79 Å². The Kier molecular flexibility index (Phi) is 4.76. The summed E-state index contributed by atoms with van der Waals surface area (Å²) in [6.07, 6.45) is 1.45. The Morgan fingerprint density at radius 3 is 2.79 bits per heavy atom. The topological polar surface area (TPSA) is 93.6 Å². The maximum atomic E-state index is 12.1. The van der Waals surface area contributed by atoms with Crippen LogP contribution in [0.5, 0.6) is 0 Å². The number of urea groups is 1. The summed E-state index contributed by atoms with van der Waals surface area (Å²) in [4.78, 5) is 23.8. The minimum absolute atomic E-state index is 0.00433. The number of nitrogens with one attached hydrogen (secondary N) is 2. The normalized spacial score (nSPS) is 14.2. The summed E-state index contributed by atoms with van der Waals surface area (Å²) in [5.74, 6) is 1.27. The van der Waals surface area contributed by atoms with Crippen LogP contribution < -0.4 is 15.5 Å². The average molecular weight is 328 g/mol. The van der Waals surface area contributed by atoms with Crippen molar-refractivity contribution in [3.8, 4) is 0 Å². The van der Waals surface area contributed by atoms with Gasteiger partial charge in [-0.05, 0) is 18.2 Å². The van der Waals surface area contributed by atoms with Crippen LogP contribution in [0.15, 0.2) is 36.7 Å². The molecule has 1 aromatic heterocycles. The number of carbonyl (C=O) groups is 1. The standard InChI is InChI=1S/C16H20N6O2/c1-21-6-7-22(16(21)24)13-4-2-3-12(9-13)20-15-10-14(17-5-8-23)18-11-19-15/h2-4,9-11,23H,5-8H2,1H3,(H2,17,18,19,20). The lowest BCUT2D eigenvalue weighted by molar-refractivity contribution is 0.229. The van der Waals surface area contributed by atoms with Gasteiger partial charge >= 0.3 is 6.03 Å². The molecular weight excluding hydrogens is 308 g/mol. The number of aliphatic hydroxyl groups is 1. The van der Waals surface area contributed by atoms with Gasteiger partial charge < -0.3 is 20.6 Å². The lowest BCUT2D eigenvalue weighted by Gasteiger charge is -2.17. The fourth-order valence-corrected chi connectivity index (χ4v) is 2.49. The Morgan fingerprint density at radius 2 is 2.04 bits per heavy atom. The van der Waals surface area contributed by atoms with Gasteiger partial charge in [0.25, 0.3) is 0 Å². The highest BCUT2D eigenvalue weighted by Crippen LogP contribution is 2.25. The number of benzene rings is 1.